The summed E-state index contributed by atoms with van der Waals surface area (Å²) in [4.78, 5) is 3.55. The second kappa shape index (κ2) is 5.62. The number of nitrogens with zero attached hydrogens (tertiary/aromatic N) is 3. The molecule has 6 nitrogen and oxygen atoms in total. The minimum atomic E-state index is -4.08. The molecule has 120 valence electrons. The summed E-state index contributed by atoms with van der Waals surface area (Å²) in [6.45, 7) is 4.01. The summed E-state index contributed by atoms with van der Waals surface area (Å²) in [5, 5.41) is 4.14. The molecule has 0 saturated heterocycles. The first-order chi connectivity index (χ1) is 10.9. The van der Waals surface area contributed by atoms with Crippen molar-refractivity contribution in [1.29, 1.82) is 0 Å². The highest BCUT2D eigenvalue weighted by Crippen LogP contribution is 2.24. The Labute approximate surface area is 133 Å². The van der Waals surface area contributed by atoms with Gasteiger partial charge in [-0.05, 0) is 30.2 Å². The van der Waals surface area contributed by atoms with Gasteiger partial charge in [0.1, 0.15) is 22.6 Å². The Balaban J connectivity index is 2.07. The Bertz CT molecular complexity index is 967. The van der Waals surface area contributed by atoms with Gasteiger partial charge < -0.3 is 0 Å². The molecule has 23 heavy (non-hydrogen) atoms. The number of benzene rings is 1. The molecule has 0 amide bonds. The van der Waals surface area contributed by atoms with Gasteiger partial charge in [-0.15, -0.1) is 0 Å². The Kier molecular flexibility index (Phi) is 3.77. The third-order valence-electron chi connectivity index (χ3n) is 3.43. The maximum absolute atomic E-state index is 13.8. The molecule has 0 bridgehead atoms. The van der Waals surface area contributed by atoms with Crippen LogP contribution in [0.5, 0.6) is 0 Å². The zero-order chi connectivity index (χ0) is 16.6. The zero-order valence-electron chi connectivity index (χ0n) is 12.6. The number of halogens is 1. The summed E-state index contributed by atoms with van der Waals surface area (Å²) in [5.74, 6) is -0.498. The second-order valence-corrected chi connectivity index (χ2v) is 7.01. The van der Waals surface area contributed by atoms with Crippen molar-refractivity contribution in [2.45, 2.75) is 24.7 Å². The molecule has 0 radical (unpaired) electrons. The maximum atomic E-state index is 13.8. The van der Waals surface area contributed by atoms with E-state index in [0.29, 0.717) is 5.52 Å². The summed E-state index contributed by atoms with van der Waals surface area (Å²) in [6, 6.07) is 8.77. The van der Waals surface area contributed by atoms with Crippen LogP contribution in [0.25, 0.3) is 5.52 Å². The van der Waals surface area contributed by atoms with Crippen LogP contribution in [0.15, 0.2) is 47.6 Å². The molecule has 8 heteroatoms. The summed E-state index contributed by atoms with van der Waals surface area (Å²) in [7, 11) is -4.08. The molecule has 0 unspecified atom stereocenters. The van der Waals surface area contributed by atoms with Crippen LogP contribution in [-0.4, -0.2) is 23.0 Å². The number of sulfonamides is 1. The van der Waals surface area contributed by atoms with Crippen molar-refractivity contribution in [3.8, 4) is 0 Å². The minimum Gasteiger partial charge on any atom is -0.261 e. The SMILES string of the molecule is CC(C)c1ccc2c(NS(=O)(=O)c3ccccc3F)ncnn12. The Morgan fingerprint density at radius 2 is 1.91 bits per heavy atom. The number of rotatable bonds is 4. The first kappa shape index (κ1) is 15.4. The number of nitrogens with one attached hydrogen (secondary N) is 1. The van der Waals surface area contributed by atoms with Crippen LogP contribution in [-0.2, 0) is 10.0 Å². The van der Waals surface area contributed by atoms with Crippen molar-refractivity contribution in [2.24, 2.45) is 0 Å². The van der Waals surface area contributed by atoms with E-state index in [4.69, 9.17) is 0 Å². The van der Waals surface area contributed by atoms with E-state index < -0.39 is 20.7 Å². The smallest absolute Gasteiger partial charge is 0.261 e. The van der Waals surface area contributed by atoms with Crippen LogP contribution in [0.1, 0.15) is 25.5 Å². The third-order valence-corrected chi connectivity index (χ3v) is 4.80. The topological polar surface area (TPSA) is 76.4 Å². The molecular weight excluding hydrogens is 319 g/mol. The fraction of sp³-hybridized carbons (Fsp3) is 0.200. The van der Waals surface area contributed by atoms with E-state index in [1.54, 1.807) is 10.6 Å². The normalized spacial score (nSPS) is 12.0. The fourth-order valence-corrected chi connectivity index (χ4v) is 3.42. The van der Waals surface area contributed by atoms with Crippen LogP contribution in [0.4, 0.5) is 10.2 Å². The van der Waals surface area contributed by atoms with Gasteiger partial charge in [-0.2, -0.15) is 5.10 Å². The van der Waals surface area contributed by atoms with Crippen LogP contribution in [0, 0.1) is 5.82 Å². The van der Waals surface area contributed by atoms with E-state index in [9.17, 15) is 12.8 Å². The second-order valence-electron chi connectivity index (χ2n) is 5.35. The van der Waals surface area contributed by atoms with Crippen LogP contribution < -0.4 is 4.72 Å². The van der Waals surface area contributed by atoms with Gasteiger partial charge in [0.25, 0.3) is 10.0 Å². The number of fused-ring (bicyclic) bond motifs is 1. The highest BCUT2D eigenvalue weighted by atomic mass is 32.2. The molecule has 0 aliphatic heterocycles. The molecule has 0 aliphatic carbocycles. The summed E-state index contributed by atoms with van der Waals surface area (Å²) < 4.78 is 42.5. The van der Waals surface area contributed by atoms with Gasteiger partial charge in [0.15, 0.2) is 5.82 Å². The van der Waals surface area contributed by atoms with Gasteiger partial charge in [-0.1, -0.05) is 26.0 Å². The molecule has 1 N–H and O–H groups in total. The van der Waals surface area contributed by atoms with Gasteiger partial charge in [0.05, 0.1) is 0 Å². The molecule has 0 atom stereocenters. The van der Waals surface area contributed by atoms with Gasteiger partial charge in [0, 0.05) is 5.69 Å². The predicted molar refractivity (Wildman–Crippen MR) is 84.3 cm³/mol. The summed E-state index contributed by atoms with van der Waals surface area (Å²) in [5.41, 5.74) is 1.44. The lowest BCUT2D eigenvalue weighted by Crippen LogP contribution is -2.16. The maximum Gasteiger partial charge on any atom is 0.266 e. The van der Waals surface area contributed by atoms with E-state index in [2.05, 4.69) is 14.8 Å². The largest absolute Gasteiger partial charge is 0.266 e. The molecule has 0 aliphatic rings. The lowest BCUT2D eigenvalue weighted by Gasteiger charge is -2.10. The highest BCUT2D eigenvalue weighted by molar-refractivity contribution is 7.92. The van der Waals surface area contributed by atoms with E-state index in [0.717, 1.165) is 11.8 Å². The van der Waals surface area contributed by atoms with Crippen molar-refractivity contribution in [3.63, 3.8) is 0 Å². The first-order valence-electron chi connectivity index (χ1n) is 7.00. The minimum absolute atomic E-state index is 0.107. The van der Waals surface area contributed by atoms with Gasteiger partial charge in [-0.3, -0.25) is 4.72 Å². The molecule has 3 rings (SSSR count). The Morgan fingerprint density at radius 3 is 2.61 bits per heavy atom. The monoisotopic (exact) mass is 334 g/mol. The lowest BCUT2D eigenvalue weighted by atomic mass is 10.1. The molecule has 0 fully saturated rings. The predicted octanol–water partition coefficient (Wildman–Crippen LogP) is 2.79. The Hall–Kier alpha value is -2.48. The first-order valence-corrected chi connectivity index (χ1v) is 8.48. The van der Waals surface area contributed by atoms with Gasteiger partial charge in [0.2, 0.25) is 0 Å². The number of hydrogen-bond donors (Lipinski definition) is 1. The molecule has 3 aromatic rings. The van der Waals surface area contributed by atoms with Crippen molar-refractivity contribution < 1.29 is 12.8 Å². The molecular formula is C15H15FN4O2S. The quantitative estimate of drug-likeness (QED) is 0.796. The average molecular weight is 334 g/mol. The van der Waals surface area contributed by atoms with Gasteiger partial charge >= 0.3 is 0 Å². The van der Waals surface area contributed by atoms with Crippen LogP contribution in [0.2, 0.25) is 0 Å². The van der Waals surface area contributed by atoms with Crippen molar-refractivity contribution >= 4 is 21.4 Å². The van der Waals surface area contributed by atoms with E-state index in [1.807, 2.05) is 19.9 Å². The van der Waals surface area contributed by atoms with E-state index in [-0.39, 0.29) is 11.7 Å². The standard InChI is InChI=1S/C15H15FN4O2S/c1-10(2)12-7-8-13-15(17-9-18-20(12)13)19-23(21,22)14-6-4-3-5-11(14)16/h3-10H,1-2H3,(H,17,18,19). The van der Waals surface area contributed by atoms with Crippen molar-refractivity contribution in [1.82, 2.24) is 14.6 Å². The zero-order valence-corrected chi connectivity index (χ0v) is 13.4. The fourth-order valence-electron chi connectivity index (χ4n) is 2.31. The van der Waals surface area contributed by atoms with Gasteiger partial charge in [-0.25, -0.2) is 22.3 Å². The van der Waals surface area contributed by atoms with Crippen molar-refractivity contribution in [2.75, 3.05) is 4.72 Å². The molecule has 2 aromatic heterocycles. The summed E-state index contributed by atoms with van der Waals surface area (Å²) in [6.07, 6.45) is 1.26. The summed E-state index contributed by atoms with van der Waals surface area (Å²) >= 11 is 0. The molecule has 0 spiro atoms. The van der Waals surface area contributed by atoms with Crippen molar-refractivity contribution in [3.05, 3.63) is 54.2 Å². The van der Waals surface area contributed by atoms with E-state index >= 15 is 0 Å². The number of aromatic nitrogens is 3. The average Bonchev–Trinajstić information content (AvgIpc) is 2.92. The molecule has 2 heterocycles. The number of hydrogen-bond acceptors (Lipinski definition) is 4. The third kappa shape index (κ3) is 2.77. The highest BCUT2D eigenvalue weighted by Gasteiger charge is 2.21. The lowest BCUT2D eigenvalue weighted by molar-refractivity contribution is 0.570. The Morgan fingerprint density at radius 1 is 1.17 bits per heavy atom. The number of anilines is 1. The molecule has 0 saturated carbocycles. The van der Waals surface area contributed by atoms with Crippen LogP contribution in [0.3, 0.4) is 0 Å². The van der Waals surface area contributed by atoms with E-state index in [1.165, 1.54) is 24.5 Å². The molecule has 1 aromatic carbocycles. The van der Waals surface area contributed by atoms with Crippen LogP contribution >= 0.6 is 0 Å².